The smallest absolute Gasteiger partial charge is 0.241 e. The van der Waals surface area contributed by atoms with E-state index in [0.29, 0.717) is 18.7 Å². The van der Waals surface area contributed by atoms with E-state index >= 15 is 0 Å². The van der Waals surface area contributed by atoms with Crippen LogP contribution < -0.4 is 10.0 Å². The maximum Gasteiger partial charge on any atom is 0.241 e. The molecule has 1 aromatic carbocycles. The van der Waals surface area contributed by atoms with Gasteiger partial charge >= 0.3 is 0 Å². The van der Waals surface area contributed by atoms with Crippen LogP contribution in [0.2, 0.25) is 0 Å². The highest BCUT2D eigenvalue weighted by Gasteiger charge is 2.19. The first-order chi connectivity index (χ1) is 9.40. The van der Waals surface area contributed by atoms with E-state index < -0.39 is 15.8 Å². The van der Waals surface area contributed by atoms with E-state index in [9.17, 15) is 12.8 Å². The highest BCUT2D eigenvalue weighted by molar-refractivity contribution is 7.89. The first-order valence-electron chi connectivity index (χ1n) is 6.42. The number of rotatable bonds is 8. The summed E-state index contributed by atoms with van der Waals surface area (Å²) in [5, 5.41) is 3.03. The summed E-state index contributed by atoms with van der Waals surface area (Å²) < 4.78 is 45.2. The van der Waals surface area contributed by atoms with Crippen molar-refractivity contribution in [1.29, 1.82) is 0 Å². The van der Waals surface area contributed by atoms with Gasteiger partial charge in [-0.2, -0.15) is 0 Å². The van der Waals surface area contributed by atoms with Crippen LogP contribution in [0.25, 0.3) is 0 Å². The lowest BCUT2D eigenvalue weighted by atomic mass is 10.2. The molecule has 0 fully saturated rings. The van der Waals surface area contributed by atoms with Crippen LogP contribution in [-0.2, 0) is 21.3 Å². The molecule has 1 unspecified atom stereocenters. The normalized spacial score (nSPS) is 13.4. The van der Waals surface area contributed by atoms with E-state index in [1.54, 1.807) is 6.92 Å². The Bertz CT molecular complexity index is 534. The number of nitrogens with one attached hydrogen (secondary N) is 2. The summed E-state index contributed by atoms with van der Waals surface area (Å²) >= 11 is 0. The Balaban J connectivity index is 2.99. The molecule has 0 aromatic heterocycles. The summed E-state index contributed by atoms with van der Waals surface area (Å²) in [5.41, 5.74) is 0.533. The average Bonchev–Trinajstić information content (AvgIpc) is 2.43. The minimum atomic E-state index is -3.76. The van der Waals surface area contributed by atoms with Crippen LogP contribution >= 0.6 is 0 Å². The molecule has 0 aliphatic carbocycles. The highest BCUT2D eigenvalue weighted by atomic mass is 32.2. The van der Waals surface area contributed by atoms with E-state index in [2.05, 4.69) is 10.0 Å². The largest absolute Gasteiger partial charge is 0.380 e. The zero-order valence-electron chi connectivity index (χ0n) is 11.9. The number of sulfonamides is 1. The van der Waals surface area contributed by atoms with E-state index in [0.717, 1.165) is 6.07 Å². The summed E-state index contributed by atoms with van der Waals surface area (Å²) in [4.78, 5) is -0.0400. The van der Waals surface area contributed by atoms with Gasteiger partial charge in [-0.1, -0.05) is 13.0 Å². The van der Waals surface area contributed by atoms with Crippen molar-refractivity contribution < 1.29 is 17.5 Å². The number of halogens is 1. The molecule has 0 amide bonds. The fourth-order valence-corrected chi connectivity index (χ4v) is 2.94. The molecule has 0 spiro atoms. The molecule has 0 radical (unpaired) electrons. The Labute approximate surface area is 119 Å². The Morgan fingerprint density at radius 1 is 1.40 bits per heavy atom. The van der Waals surface area contributed by atoms with Gasteiger partial charge in [0.25, 0.3) is 0 Å². The van der Waals surface area contributed by atoms with Crippen molar-refractivity contribution in [1.82, 2.24) is 10.0 Å². The summed E-state index contributed by atoms with van der Waals surface area (Å²) in [6.07, 6.45) is -0.254. The lowest BCUT2D eigenvalue weighted by Crippen LogP contribution is -2.32. The highest BCUT2D eigenvalue weighted by Crippen LogP contribution is 2.17. The fraction of sp³-hybridized carbons (Fsp3) is 0.538. The molecule has 1 atom stereocenters. The third-order valence-electron chi connectivity index (χ3n) is 2.85. The summed E-state index contributed by atoms with van der Waals surface area (Å²) in [6, 6.07) is 3.77. The monoisotopic (exact) mass is 304 g/mol. The summed E-state index contributed by atoms with van der Waals surface area (Å²) in [5.74, 6) is -0.578. The van der Waals surface area contributed by atoms with Crippen molar-refractivity contribution >= 4 is 10.0 Å². The number of hydrogen-bond donors (Lipinski definition) is 2. The maximum atomic E-state index is 13.3. The Morgan fingerprint density at radius 2 is 2.10 bits per heavy atom. The number of ether oxygens (including phenoxy) is 1. The third kappa shape index (κ3) is 4.82. The molecule has 0 bridgehead atoms. The Morgan fingerprint density at radius 3 is 2.70 bits per heavy atom. The predicted octanol–water partition coefficient (Wildman–Crippen LogP) is 1.25. The van der Waals surface area contributed by atoms with Crippen LogP contribution in [0.5, 0.6) is 0 Å². The van der Waals surface area contributed by atoms with Crippen molar-refractivity contribution in [3.8, 4) is 0 Å². The molecule has 20 heavy (non-hydrogen) atoms. The molecule has 2 N–H and O–H groups in total. The van der Waals surface area contributed by atoms with Gasteiger partial charge in [0.15, 0.2) is 0 Å². The van der Waals surface area contributed by atoms with Crippen LogP contribution in [0.3, 0.4) is 0 Å². The molecule has 5 nitrogen and oxygen atoms in total. The molecular formula is C13H21FN2O3S. The second-order valence-corrected chi connectivity index (χ2v) is 6.17. The van der Waals surface area contributed by atoms with Crippen molar-refractivity contribution in [3.63, 3.8) is 0 Å². The van der Waals surface area contributed by atoms with E-state index in [4.69, 9.17) is 4.74 Å². The van der Waals surface area contributed by atoms with Gasteiger partial charge in [-0.25, -0.2) is 17.5 Å². The van der Waals surface area contributed by atoms with E-state index in [-0.39, 0.29) is 17.5 Å². The van der Waals surface area contributed by atoms with E-state index in [1.807, 2.05) is 6.92 Å². The first kappa shape index (κ1) is 17.0. The molecule has 0 saturated carbocycles. The molecule has 0 aliphatic rings. The molecular weight excluding hydrogens is 283 g/mol. The molecule has 1 rings (SSSR count). The molecule has 0 heterocycles. The Kier molecular flexibility index (Phi) is 6.54. The molecule has 1 aromatic rings. The van der Waals surface area contributed by atoms with Gasteiger partial charge in [-0.05, 0) is 31.2 Å². The number of methoxy groups -OCH3 is 1. The lowest BCUT2D eigenvalue weighted by Gasteiger charge is -2.14. The van der Waals surface area contributed by atoms with Gasteiger partial charge in [0.05, 0.1) is 11.0 Å². The minimum absolute atomic E-state index is 0.0400. The van der Waals surface area contributed by atoms with Crippen molar-refractivity contribution in [2.75, 3.05) is 20.2 Å². The van der Waals surface area contributed by atoms with Gasteiger partial charge in [-0.15, -0.1) is 0 Å². The SMILES string of the molecule is CCNCc1ccc(F)cc1S(=O)(=O)NCC(C)OC. The van der Waals surface area contributed by atoms with Crippen molar-refractivity contribution in [2.24, 2.45) is 0 Å². The van der Waals surface area contributed by atoms with Crippen molar-refractivity contribution in [3.05, 3.63) is 29.6 Å². The van der Waals surface area contributed by atoms with Gasteiger partial charge in [0.2, 0.25) is 10.0 Å². The van der Waals surface area contributed by atoms with Gasteiger partial charge in [0.1, 0.15) is 5.82 Å². The fourth-order valence-electron chi connectivity index (χ4n) is 1.57. The van der Waals surface area contributed by atoms with Gasteiger partial charge in [0, 0.05) is 20.2 Å². The molecule has 7 heteroatoms. The van der Waals surface area contributed by atoms with Crippen LogP contribution in [0.1, 0.15) is 19.4 Å². The maximum absolute atomic E-state index is 13.3. The molecule has 0 saturated heterocycles. The quantitative estimate of drug-likeness (QED) is 0.758. The predicted molar refractivity (Wildman–Crippen MR) is 75.4 cm³/mol. The number of hydrogen-bond acceptors (Lipinski definition) is 4. The zero-order chi connectivity index (χ0) is 15.2. The summed E-state index contributed by atoms with van der Waals surface area (Å²) in [7, 11) is -2.26. The molecule has 114 valence electrons. The average molecular weight is 304 g/mol. The summed E-state index contributed by atoms with van der Waals surface area (Å²) in [6.45, 7) is 4.86. The lowest BCUT2D eigenvalue weighted by molar-refractivity contribution is 0.122. The van der Waals surface area contributed by atoms with Crippen LogP contribution in [0.15, 0.2) is 23.1 Å². The van der Waals surface area contributed by atoms with Gasteiger partial charge in [-0.3, -0.25) is 0 Å². The second kappa shape index (κ2) is 7.68. The van der Waals surface area contributed by atoms with Crippen LogP contribution in [0.4, 0.5) is 4.39 Å². The zero-order valence-corrected chi connectivity index (χ0v) is 12.8. The van der Waals surface area contributed by atoms with E-state index in [1.165, 1.54) is 19.2 Å². The second-order valence-electron chi connectivity index (χ2n) is 4.43. The van der Waals surface area contributed by atoms with Crippen molar-refractivity contribution in [2.45, 2.75) is 31.4 Å². The van der Waals surface area contributed by atoms with Crippen LogP contribution in [0, 0.1) is 5.82 Å². The first-order valence-corrected chi connectivity index (χ1v) is 7.90. The minimum Gasteiger partial charge on any atom is -0.380 e. The standard InChI is InChI=1S/C13H21FN2O3S/c1-4-15-9-11-5-6-12(14)7-13(11)20(17,18)16-8-10(2)19-3/h5-7,10,15-16H,4,8-9H2,1-3H3. The number of benzene rings is 1. The van der Waals surface area contributed by atoms with Crippen LogP contribution in [-0.4, -0.2) is 34.7 Å². The molecule has 0 aliphatic heterocycles. The Hall–Kier alpha value is -1.02. The topological polar surface area (TPSA) is 67.4 Å². The van der Waals surface area contributed by atoms with Gasteiger partial charge < -0.3 is 10.1 Å². The third-order valence-corrected chi connectivity index (χ3v) is 4.35.